The third kappa shape index (κ3) is 3.44. The zero-order chi connectivity index (χ0) is 15.6. The smallest absolute Gasteiger partial charge is 0.310 e. The largest absolute Gasteiger partial charge is 0.481 e. The quantitative estimate of drug-likeness (QED) is 0.498. The van der Waals surface area contributed by atoms with E-state index in [0.717, 1.165) is 0 Å². The fourth-order valence-corrected chi connectivity index (χ4v) is 2.24. The van der Waals surface area contributed by atoms with E-state index in [0.29, 0.717) is 5.56 Å². The van der Waals surface area contributed by atoms with E-state index in [-0.39, 0.29) is 23.7 Å². The predicted molar refractivity (Wildman–Crippen MR) is 74.0 cm³/mol. The molecule has 1 amide bonds. The molecule has 1 aromatic carbocycles. The minimum absolute atomic E-state index is 0.148. The Bertz CT molecular complexity index is 638. The molecule has 110 valence electrons. The van der Waals surface area contributed by atoms with Gasteiger partial charge in [0.2, 0.25) is 0 Å². The van der Waals surface area contributed by atoms with Gasteiger partial charge in [0.15, 0.2) is 0 Å². The second kappa shape index (κ2) is 5.74. The lowest BCUT2D eigenvalue weighted by Gasteiger charge is -2.12. The summed E-state index contributed by atoms with van der Waals surface area (Å²) in [6, 6.07) is 3.76. The predicted octanol–water partition coefficient (Wildman–Crippen LogP) is 1.66. The average Bonchev–Trinajstić information content (AvgIpc) is 2.86. The number of nitro groups is 1. The minimum Gasteiger partial charge on any atom is -0.481 e. The van der Waals surface area contributed by atoms with Crippen molar-refractivity contribution in [3.05, 3.63) is 51.6 Å². The van der Waals surface area contributed by atoms with Crippen LogP contribution in [0.3, 0.4) is 0 Å². The molecule has 0 fully saturated rings. The monoisotopic (exact) mass is 290 g/mol. The second-order valence-corrected chi connectivity index (χ2v) is 4.96. The first-order valence-electron chi connectivity index (χ1n) is 6.35. The number of nitrogens with zero attached hydrogens (tertiary/aromatic N) is 1. The Hall–Kier alpha value is -2.70. The van der Waals surface area contributed by atoms with Crippen LogP contribution in [0.5, 0.6) is 0 Å². The van der Waals surface area contributed by atoms with Gasteiger partial charge in [0.25, 0.3) is 11.6 Å². The molecule has 0 bridgehead atoms. The zero-order valence-electron chi connectivity index (χ0n) is 11.3. The lowest BCUT2D eigenvalue weighted by Crippen LogP contribution is -2.33. The number of carbonyl (C=O) groups is 2. The van der Waals surface area contributed by atoms with E-state index in [1.54, 1.807) is 19.1 Å². The lowest BCUT2D eigenvalue weighted by molar-refractivity contribution is -0.384. The van der Waals surface area contributed by atoms with Crippen LogP contribution in [0.4, 0.5) is 5.69 Å². The molecule has 0 aromatic heterocycles. The second-order valence-electron chi connectivity index (χ2n) is 4.96. The van der Waals surface area contributed by atoms with Crippen LogP contribution in [0.15, 0.2) is 30.4 Å². The molecule has 1 aliphatic rings. The van der Waals surface area contributed by atoms with Crippen LogP contribution >= 0.6 is 0 Å². The van der Waals surface area contributed by atoms with Crippen LogP contribution < -0.4 is 5.32 Å². The summed E-state index contributed by atoms with van der Waals surface area (Å²) in [5.74, 6) is -2.00. The molecule has 1 aliphatic carbocycles. The van der Waals surface area contributed by atoms with Gasteiger partial charge in [0, 0.05) is 23.7 Å². The highest BCUT2D eigenvalue weighted by Gasteiger charge is 2.26. The van der Waals surface area contributed by atoms with E-state index in [2.05, 4.69) is 5.32 Å². The van der Waals surface area contributed by atoms with Crippen LogP contribution in [0.1, 0.15) is 22.3 Å². The number of carboxylic acids is 1. The van der Waals surface area contributed by atoms with E-state index in [1.165, 1.54) is 18.2 Å². The van der Waals surface area contributed by atoms with Gasteiger partial charge in [0.1, 0.15) is 0 Å². The number of non-ortho nitro benzene ring substituents is 1. The molecule has 0 aliphatic heterocycles. The van der Waals surface area contributed by atoms with Gasteiger partial charge in [0.05, 0.1) is 10.8 Å². The lowest BCUT2D eigenvalue weighted by atomic mass is 10.1. The fourth-order valence-electron chi connectivity index (χ4n) is 2.24. The van der Waals surface area contributed by atoms with E-state index < -0.39 is 22.7 Å². The molecule has 2 rings (SSSR count). The highest BCUT2D eigenvalue weighted by Crippen LogP contribution is 2.20. The van der Waals surface area contributed by atoms with Crippen molar-refractivity contribution in [3.63, 3.8) is 0 Å². The maximum absolute atomic E-state index is 12.1. The third-order valence-electron chi connectivity index (χ3n) is 3.25. The Kier molecular flexibility index (Phi) is 4.02. The van der Waals surface area contributed by atoms with Crippen LogP contribution in [0.25, 0.3) is 0 Å². The number of aliphatic carboxylic acids is 1. The molecule has 0 heterocycles. The Morgan fingerprint density at radius 3 is 2.62 bits per heavy atom. The first-order valence-corrected chi connectivity index (χ1v) is 6.35. The Labute approximate surface area is 120 Å². The molecular weight excluding hydrogens is 276 g/mol. The molecule has 7 nitrogen and oxygen atoms in total. The standard InChI is InChI=1S/C14H14N2O5/c1-8-4-10(7-12(5-8)16(20)21)13(17)15-11-3-2-9(6-11)14(18)19/h2-5,7,9,11H,6H2,1H3,(H,15,17)(H,18,19). The zero-order valence-corrected chi connectivity index (χ0v) is 11.3. The van der Waals surface area contributed by atoms with Gasteiger partial charge in [-0.05, 0) is 25.0 Å². The summed E-state index contributed by atoms with van der Waals surface area (Å²) in [5.41, 5.74) is 0.652. The van der Waals surface area contributed by atoms with Gasteiger partial charge >= 0.3 is 5.97 Å². The molecule has 0 saturated heterocycles. The SMILES string of the molecule is Cc1cc(C(=O)NC2C=CC(C(=O)O)C2)cc([N+](=O)[O-])c1. The highest BCUT2D eigenvalue weighted by molar-refractivity contribution is 5.95. The maximum Gasteiger partial charge on any atom is 0.310 e. The van der Waals surface area contributed by atoms with Gasteiger partial charge < -0.3 is 10.4 Å². The van der Waals surface area contributed by atoms with Crippen LogP contribution in [-0.4, -0.2) is 27.9 Å². The minimum atomic E-state index is -0.936. The number of rotatable bonds is 4. The van der Waals surface area contributed by atoms with Gasteiger partial charge in [-0.25, -0.2) is 0 Å². The number of hydrogen-bond acceptors (Lipinski definition) is 4. The summed E-state index contributed by atoms with van der Waals surface area (Å²) in [6.07, 6.45) is 3.45. The van der Waals surface area contributed by atoms with Crippen molar-refractivity contribution in [2.45, 2.75) is 19.4 Å². The average molecular weight is 290 g/mol. The van der Waals surface area contributed by atoms with Gasteiger partial charge in [-0.1, -0.05) is 12.2 Å². The molecule has 2 N–H and O–H groups in total. The van der Waals surface area contributed by atoms with Gasteiger partial charge in [-0.15, -0.1) is 0 Å². The Morgan fingerprint density at radius 1 is 1.33 bits per heavy atom. The van der Waals surface area contributed by atoms with Crippen LogP contribution in [0.2, 0.25) is 0 Å². The summed E-state index contributed by atoms with van der Waals surface area (Å²) >= 11 is 0. The maximum atomic E-state index is 12.1. The van der Waals surface area contributed by atoms with E-state index in [9.17, 15) is 19.7 Å². The molecule has 2 atom stereocenters. The summed E-state index contributed by atoms with van der Waals surface area (Å²) in [7, 11) is 0. The normalized spacial score (nSPS) is 20.2. The molecule has 1 aromatic rings. The Balaban J connectivity index is 2.10. The van der Waals surface area contributed by atoms with Crippen molar-refractivity contribution in [2.24, 2.45) is 5.92 Å². The molecule has 21 heavy (non-hydrogen) atoms. The first-order chi connectivity index (χ1) is 9.86. The van der Waals surface area contributed by atoms with Crippen molar-refractivity contribution in [3.8, 4) is 0 Å². The number of nitrogens with one attached hydrogen (secondary N) is 1. The molecule has 0 spiro atoms. The highest BCUT2D eigenvalue weighted by atomic mass is 16.6. The molecule has 7 heteroatoms. The van der Waals surface area contributed by atoms with E-state index in [1.807, 2.05) is 0 Å². The summed E-state index contributed by atoms with van der Waals surface area (Å²) in [4.78, 5) is 33.1. The van der Waals surface area contributed by atoms with Crippen molar-refractivity contribution in [1.82, 2.24) is 5.32 Å². The van der Waals surface area contributed by atoms with Crippen LogP contribution in [-0.2, 0) is 4.79 Å². The summed E-state index contributed by atoms with van der Waals surface area (Å²) in [6.45, 7) is 1.67. The molecule has 0 radical (unpaired) electrons. The van der Waals surface area contributed by atoms with Gasteiger partial charge in [-0.3, -0.25) is 19.7 Å². The van der Waals surface area contributed by atoms with E-state index in [4.69, 9.17) is 5.11 Å². The topological polar surface area (TPSA) is 110 Å². The number of benzene rings is 1. The van der Waals surface area contributed by atoms with Crippen molar-refractivity contribution in [1.29, 1.82) is 0 Å². The fraction of sp³-hybridized carbons (Fsp3) is 0.286. The first kappa shape index (κ1) is 14.7. The van der Waals surface area contributed by atoms with Crippen molar-refractivity contribution in [2.75, 3.05) is 0 Å². The molecular formula is C14H14N2O5. The summed E-state index contributed by atoms with van der Waals surface area (Å²) < 4.78 is 0. The number of aryl methyl sites for hydroxylation is 1. The van der Waals surface area contributed by atoms with E-state index >= 15 is 0 Å². The molecule has 0 saturated carbocycles. The molecule has 2 unspecified atom stereocenters. The number of nitro benzene ring substituents is 1. The number of hydrogen-bond donors (Lipinski definition) is 2. The Morgan fingerprint density at radius 2 is 2.05 bits per heavy atom. The number of amides is 1. The van der Waals surface area contributed by atoms with Crippen molar-refractivity contribution < 1.29 is 19.6 Å². The third-order valence-corrected chi connectivity index (χ3v) is 3.25. The van der Waals surface area contributed by atoms with Crippen molar-refractivity contribution >= 4 is 17.6 Å². The van der Waals surface area contributed by atoms with Crippen LogP contribution in [0, 0.1) is 23.0 Å². The summed E-state index contributed by atoms with van der Waals surface area (Å²) in [5, 5.41) is 22.3. The number of carbonyl (C=O) groups excluding carboxylic acids is 1. The van der Waals surface area contributed by atoms with Gasteiger partial charge in [-0.2, -0.15) is 0 Å². The number of carboxylic acid groups (broad SMARTS) is 1.